The second-order valence-electron chi connectivity index (χ2n) is 20.3. The topological polar surface area (TPSA) is 301 Å². The highest BCUT2D eigenvalue weighted by molar-refractivity contribution is 7.95. The minimum atomic E-state index is -3.31. The van der Waals surface area contributed by atoms with E-state index in [-0.39, 0.29) is 142 Å². The zero-order valence-corrected chi connectivity index (χ0v) is 52.1. The van der Waals surface area contributed by atoms with Gasteiger partial charge in [-0.2, -0.15) is 5.10 Å². The summed E-state index contributed by atoms with van der Waals surface area (Å²) in [7, 11) is -11.1. The number of rotatable bonds is 8. The summed E-state index contributed by atoms with van der Waals surface area (Å²) in [6, 6.07) is 35.7. The largest absolute Gasteiger partial charge is 0.508 e. The lowest BCUT2D eigenvalue weighted by Crippen LogP contribution is -2.08. The summed E-state index contributed by atoms with van der Waals surface area (Å²) >= 11 is 3.44. The van der Waals surface area contributed by atoms with Gasteiger partial charge < -0.3 is 29.9 Å². The van der Waals surface area contributed by atoms with E-state index in [1.807, 2.05) is 66.4 Å². The Bertz CT molecular complexity index is 4780. The molecule has 0 atom stereocenters. The van der Waals surface area contributed by atoms with Gasteiger partial charge in [0, 0.05) is 38.8 Å². The van der Waals surface area contributed by atoms with Gasteiger partial charge in [0.2, 0.25) is 0 Å². The number of ether oxygens (including phenoxy) is 2. The molecule has 8 heterocycles. The Hall–Kier alpha value is -8.72. The molecule has 0 fully saturated rings. The molecular formula is C73H97N3O16S6. The number of methoxy groups -OCH3 is 1. The second-order valence-corrected chi connectivity index (χ2v) is 30.2. The van der Waals surface area contributed by atoms with Gasteiger partial charge >= 0.3 is 0 Å². The molecule has 0 unspecified atom stereocenters. The first-order valence-electron chi connectivity index (χ1n) is 26.9. The first-order valence-corrected chi connectivity index (χ1v) is 35.1. The predicted molar refractivity (Wildman–Crippen MR) is 404 cm³/mol. The van der Waals surface area contributed by atoms with Gasteiger partial charge in [-0.25, -0.2) is 33.7 Å². The van der Waals surface area contributed by atoms with E-state index in [0.29, 0.717) is 70.5 Å². The molecule has 6 aromatic carbocycles. The molecule has 0 spiro atoms. The van der Waals surface area contributed by atoms with E-state index in [9.17, 15) is 48.4 Å². The first kappa shape index (κ1) is 91.3. The molecule has 4 aliphatic heterocycles. The maximum absolute atomic E-state index is 12.1. The molecule has 4 aliphatic rings. The molecule has 0 saturated heterocycles. The Morgan fingerprint density at radius 2 is 1.06 bits per heavy atom. The molecule has 14 rings (SSSR count). The number of aldehydes is 2. The fourth-order valence-corrected chi connectivity index (χ4v) is 17.3. The number of fused-ring (bicyclic) bond motifs is 6. The van der Waals surface area contributed by atoms with Gasteiger partial charge in [0.25, 0.3) is 0 Å². The number of phenols is 4. The van der Waals surface area contributed by atoms with Crippen LogP contribution in [0.3, 0.4) is 0 Å². The molecule has 0 aliphatic carbocycles. The number of sulfone groups is 4. The van der Waals surface area contributed by atoms with Gasteiger partial charge in [0.15, 0.2) is 51.9 Å². The van der Waals surface area contributed by atoms with E-state index >= 15 is 0 Å². The number of aromatic nitrogens is 3. The van der Waals surface area contributed by atoms with E-state index in [4.69, 9.17) is 24.8 Å². The van der Waals surface area contributed by atoms with Crippen LogP contribution in [0.5, 0.6) is 34.5 Å². The van der Waals surface area contributed by atoms with Crippen LogP contribution in [-0.2, 0) is 65.2 Å². The van der Waals surface area contributed by atoms with E-state index in [1.54, 1.807) is 60.4 Å². The maximum Gasteiger partial charge on any atom is 0.200 e. The Morgan fingerprint density at radius 3 is 1.65 bits per heavy atom. The smallest absolute Gasteiger partial charge is 0.200 e. The molecule has 25 heteroatoms. The van der Waals surface area contributed by atoms with Crippen molar-refractivity contribution in [2.24, 2.45) is 0 Å². The van der Waals surface area contributed by atoms with Gasteiger partial charge in [0.1, 0.15) is 41.1 Å². The van der Waals surface area contributed by atoms with Crippen molar-refractivity contribution in [3.63, 3.8) is 0 Å². The van der Waals surface area contributed by atoms with Crippen LogP contribution in [0.4, 0.5) is 0 Å². The molecule has 0 saturated carbocycles. The lowest BCUT2D eigenvalue weighted by Gasteiger charge is -2.15. The molecule has 0 radical (unpaired) electrons. The minimum Gasteiger partial charge on any atom is -0.508 e. The lowest BCUT2D eigenvalue weighted by atomic mass is 10.1. The van der Waals surface area contributed by atoms with Crippen molar-refractivity contribution in [2.45, 2.75) is 140 Å². The Kier molecular flexibility index (Phi) is 35.8. The summed E-state index contributed by atoms with van der Waals surface area (Å²) in [6.45, 7) is 4.29. The third-order valence-corrected chi connectivity index (χ3v) is 22.9. The summed E-state index contributed by atoms with van der Waals surface area (Å²) in [5.74, 6) is 1.92. The standard InChI is InChI=1S/C21H21N3O4S.C9H8O4S.C9H8OS.C8H8O3S.C8H6O3S.C8H6OS.10CH4/c1-14(2)24-18(7-10-23-24)21-15(4-3-9-22-21)13-28-19-5-6-20-16(17(19)12-25)8-11-29(20,26)27;10-5-7-6-3-4-14(12,13)9(6)2-1-8(7)11;1-10-8-2-3-9-7(6-8)4-5-11-9;2*9-7-1-2-8-6(5-7)3-4-12(8,10)11;9-7-1-2-8-6(5-7)3-4-10-8;;;;;;;;;;/h3-7,9-10,12,14H,8,11,13H2,1-2H3;1-2,5,11H,3-4H2;2-6H,1H3;1-2,5,9H,3-4H2;1-5,9H;1-5,9H;10*1H4. The number of carbonyl (C=O) groups excluding carboxylic acids is 2. The van der Waals surface area contributed by atoms with Crippen molar-refractivity contribution >= 4 is 101 Å². The summed E-state index contributed by atoms with van der Waals surface area (Å²) in [5, 5.41) is 48.5. The number of nitrogens with zero attached hydrogens (tertiary/aromatic N) is 3. The lowest BCUT2D eigenvalue weighted by molar-refractivity contribution is 0.111. The van der Waals surface area contributed by atoms with Crippen molar-refractivity contribution in [2.75, 3.05) is 24.4 Å². The van der Waals surface area contributed by atoms with E-state index in [2.05, 4.69) is 27.6 Å². The average molecular weight is 1460 g/mol. The first-order chi connectivity index (χ1) is 41.9. The number of hydrogen-bond acceptors (Lipinski definition) is 20. The average Bonchev–Trinajstić information content (AvgIpc) is 1.62. The molecule has 0 bridgehead atoms. The number of carbonyl (C=O) groups is 2. The van der Waals surface area contributed by atoms with Gasteiger partial charge in [-0.1, -0.05) is 80.3 Å². The van der Waals surface area contributed by atoms with Crippen LogP contribution in [-0.4, -0.2) is 106 Å². The normalized spacial score (nSPS) is 13.6. The number of aromatic hydroxyl groups is 4. The fourth-order valence-electron chi connectivity index (χ4n) is 9.89. The predicted octanol–water partition coefficient (Wildman–Crippen LogP) is 17.5. The van der Waals surface area contributed by atoms with Crippen LogP contribution in [0.15, 0.2) is 176 Å². The van der Waals surface area contributed by atoms with Gasteiger partial charge in [-0.3, -0.25) is 19.3 Å². The number of hydrogen-bond donors (Lipinski definition) is 4. The summed E-state index contributed by atoms with van der Waals surface area (Å²) in [5.41, 5.74) is 5.17. The highest BCUT2D eigenvalue weighted by atomic mass is 32.2. The fraction of sp³-hybridized carbons (Fsp3) is 0.288. The number of benzene rings is 6. The second kappa shape index (κ2) is 38.4. The van der Waals surface area contributed by atoms with Crippen LogP contribution >= 0.6 is 22.7 Å². The molecule has 10 aromatic rings. The number of pyridine rings is 1. The highest BCUT2D eigenvalue weighted by Gasteiger charge is 2.31. The molecule has 4 N–H and O–H groups in total. The van der Waals surface area contributed by atoms with E-state index < -0.39 is 39.3 Å². The number of thiophene rings is 2. The number of phenolic OH excluding ortho intramolecular Hbond substituents is 4. The maximum atomic E-state index is 12.1. The molecule has 0 amide bonds. The minimum absolute atomic E-state index is 0. The highest BCUT2D eigenvalue weighted by Crippen LogP contribution is 2.36. The van der Waals surface area contributed by atoms with Gasteiger partial charge in [-0.15, -0.1) is 22.7 Å². The van der Waals surface area contributed by atoms with Crippen LogP contribution in [0.1, 0.15) is 143 Å². The zero-order chi connectivity index (χ0) is 63.1. The summed E-state index contributed by atoms with van der Waals surface area (Å²) in [4.78, 5) is 27.9. The van der Waals surface area contributed by atoms with Crippen molar-refractivity contribution < 1.29 is 73.2 Å². The molecule has 536 valence electrons. The quantitative estimate of drug-likeness (QED) is 0.103. The third-order valence-electron chi connectivity index (χ3n) is 14.2. The monoisotopic (exact) mass is 1460 g/mol. The van der Waals surface area contributed by atoms with Gasteiger partial charge in [-0.05, 0) is 204 Å². The van der Waals surface area contributed by atoms with Crippen LogP contribution < -0.4 is 9.47 Å². The van der Waals surface area contributed by atoms with Crippen molar-refractivity contribution in [3.8, 4) is 45.9 Å². The van der Waals surface area contributed by atoms with Gasteiger partial charge in [0.05, 0.1) is 66.5 Å². The van der Waals surface area contributed by atoms with Crippen molar-refractivity contribution in [1.29, 1.82) is 0 Å². The SMILES string of the molecule is C.C.C.C.C.C.C.C.C.C.CC(C)n1nccc1-c1ncccc1COc1ccc2c(c1C=O)CCS2(=O)=O.COc1ccc2sccc2c1.O=Cc1c(O)ccc2c1CCS2(=O)=O.O=S1(=O)C=Cc2cc(O)ccc21.O=S1(=O)CCc2cc(O)ccc21.Oc1ccc2sccc2c1. The Labute approximate surface area is 589 Å². The number of aryl methyl sites for hydroxylation is 1. The molecular weight excluding hydrogens is 1370 g/mol. The van der Waals surface area contributed by atoms with Crippen LogP contribution in [0, 0.1) is 0 Å². The molecule has 19 nitrogen and oxygen atoms in total. The van der Waals surface area contributed by atoms with Crippen molar-refractivity contribution in [1.82, 2.24) is 14.8 Å². The summed E-state index contributed by atoms with van der Waals surface area (Å²) < 4.78 is 107. The van der Waals surface area contributed by atoms with E-state index in [1.165, 1.54) is 75.5 Å². The Balaban J connectivity index is 0. The van der Waals surface area contributed by atoms with Crippen LogP contribution in [0.2, 0.25) is 0 Å². The molecule has 4 aromatic heterocycles. The Morgan fingerprint density at radius 1 is 0.551 bits per heavy atom. The summed E-state index contributed by atoms with van der Waals surface area (Å²) in [6.07, 6.45) is 7.25. The van der Waals surface area contributed by atoms with Crippen LogP contribution in [0.25, 0.3) is 37.6 Å². The third kappa shape index (κ3) is 20.7. The van der Waals surface area contributed by atoms with E-state index in [0.717, 1.165) is 39.1 Å². The van der Waals surface area contributed by atoms with Crippen molar-refractivity contribution in [3.05, 3.63) is 195 Å². The molecule has 98 heavy (non-hydrogen) atoms. The zero-order valence-electron chi connectivity index (χ0n) is 47.2.